The van der Waals surface area contributed by atoms with Crippen LogP contribution in [0.3, 0.4) is 0 Å². The molecule has 0 N–H and O–H groups in total. The summed E-state index contributed by atoms with van der Waals surface area (Å²) in [5.41, 5.74) is 11.3. The number of hydrogen-bond acceptors (Lipinski definition) is 2. The van der Waals surface area contributed by atoms with Crippen molar-refractivity contribution in [1.29, 1.82) is 0 Å². The Morgan fingerprint density at radius 3 is 1.90 bits per heavy atom. The first-order chi connectivity index (χ1) is 19.4. The largest absolute Gasteiger partial charge is 0.432 e. The summed E-state index contributed by atoms with van der Waals surface area (Å²) in [7, 11) is 0. The quantitative estimate of drug-likeness (QED) is 0.242. The molecule has 0 aliphatic heterocycles. The van der Waals surface area contributed by atoms with Crippen molar-refractivity contribution in [3.8, 4) is 33.6 Å². The Kier molecular flexibility index (Phi) is 4.74. The van der Waals surface area contributed by atoms with E-state index in [4.69, 9.17) is 9.40 Å². The molecule has 0 radical (unpaired) electrons. The van der Waals surface area contributed by atoms with E-state index in [1.165, 1.54) is 33.4 Å². The highest BCUT2D eigenvalue weighted by atomic mass is 16.3. The molecule has 1 aliphatic carbocycles. The molecule has 0 unspecified atom stereocenters. The van der Waals surface area contributed by atoms with E-state index in [0.29, 0.717) is 5.84 Å². The van der Waals surface area contributed by atoms with Crippen LogP contribution in [-0.2, 0) is 5.41 Å². The van der Waals surface area contributed by atoms with Crippen LogP contribution in [0.4, 0.5) is 0 Å². The molecule has 0 bridgehead atoms. The normalized spacial score (nSPS) is 13.3. The summed E-state index contributed by atoms with van der Waals surface area (Å²) in [5, 5.41) is 0. The highest BCUT2D eigenvalue weighted by molar-refractivity contribution is 5.90. The predicted octanol–water partition coefficient (Wildman–Crippen LogP) is 8.62. The summed E-state index contributed by atoms with van der Waals surface area (Å²) in [6.07, 6.45) is 3.63. The fourth-order valence-corrected chi connectivity index (χ4v) is 6.45. The first-order valence-corrected chi connectivity index (χ1v) is 13.2. The average molecular weight is 501 g/mol. The highest BCUT2D eigenvalue weighted by Crippen LogP contribution is 2.56. The molecule has 0 spiro atoms. The molecule has 0 saturated heterocycles. The Bertz CT molecular complexity index is 1910. The Labute approximate surface area is 226 Å². The van der Waals surface area contributed by atoms with E-state index >= 15 is 0 Å². The van der Waals surface area contributed by atoms with E-state index in [1.54, 1.807) is 6.26 Å². The van der Waals surface area contributed by atoms with Crippen LogP contribution in [0, 0.1) is 0 Å². The molecule has 7 aromatic rings. The fourth-order valence-electron chi connectivity index (χ4n) is 6.45. The number of fused-ring (bicyclic) bond motifs is 4. The third-order valence-electron chi connectivity index (χ3n) is 8.04. The summed E-state index contributed by atoms with van der Waals surface area (Å²) >= 11 is 0. The molecular formula is C36H24N2O. The molecule has 184 valence electrons. The lowest BCUT2D eigenvalue weighted by atomic mass is 9.67. The van der Waals surface area contributed by atoms with Gasteiger partial charge in [0.1, 0.15) is 12.0 Å². The molecule has 2 heterocycles. The van der Waals surface area contributed by atoms with Crippen molar-refractivity contribution in [2.75, 3.05) is 0 Å². The maximum Gasteiger partial charge on any atom is 0.306 e. The van der Waals surface area contributed by atoms with Crippen LogP contribution in [0.5, 0.6) is 0 Å². The van der Waals surface area contributed by atoms with Crippen molar-refractivity contribution in [3.05, 3.63) is 168 Å². The van der Waals surface area contributed by atoms with Gasteiger partial charge in [0.15, 0.2) is 0 Å². The van der Waals surface area contributed by atoms with Crippen LogP contribution in [0.15, 0.2) is 150 Å². The second-order valence-electron chi connectivity index (χ2n) is 10.0. The Balaban J connectivity index is 1.46. The maximum absolute atomic E-state index is 5.76. The minimum atomic E-state index is -0.448. The predicted molar refractivity (Wildman–Crippen MR) is 156 cm³/mol. The van der Waals surface area contributed by atoms with Crippen molar-refractivity contribution in [2.24, 2.45) is 0 Å². The molecule has 0 amide bonds. The van der Waals surface area contributed by atoms with Gasteiger partial charge in [-0.2, -0.15) is 4.98 Å². The molecule has 0 atom stereocenters. The van der Waals surface area contributed by atoms with Gasteiger partial charge < -0.3 is 4.42 Å². The topological polar surface area (TPSA) is 30.4 Å². The van der Waals surface area contributed by atoms with Gasteiger partial charge in [0.05, 0.1) is 11.1 Å². The van der Waals surface area contributed by atoms with Crippen molar-refractivity contribution in [3.63, 3.8) is 0 Å². The molecule has 39 heavy (non-hydrogen) atoms. The number of imidazole rings is 1. The molecule has 0 saturated carbocycles. The maximum atomic E-state index is 5.76. The molecule has 3 heteroatoms. The summed E-state index contributed by atoms with van der Waals surface area (Å²) in [6.45, 7) is 0. The molecule has 5 aromatic carbocycles. The molecule has 1 aliphatic rings. The van der Waals surface area contributed by atoms with Gasteiger partial charge in [-0.05, 0) is 39.4 Å². The van der Waals surface area contributed by atoms with Gasteiger partial charge in [0.25, 0.3) is 0 Å². The van der Waals surface area contributed by atoms with Crippen LogP contribution < -0.4 is 0 Å². The first kappa shape index (κ1) is 21.9. The number of oxazole rings is 1. The lowest BCUT2D eigenvalue weighted by Crippen LogP contribution is -2.28. The van der Waals surface area contributed by atoms with Crippen LogP contribution in [0.1, 0.15) is 22.3 Å². The number of nitrogens with zero attached hydrogens (tertiary/aromatic N) is 2. The van der Waals surface area contributed by atoms with E-state index in [1.807, 2.05) is 16.7 Å². The van der Waals surface area contributed by atoms with Gasteiger partial charge in [0.2, 0.25) is 0 Å². The van der Waals surface area contributed by atoms with E-state index < -0.39 is 5.41 Å². The number of aromatic nitrogens is 2. The summed E-state index contributed by atoms with van der Waals surface area (Å²) < 4.78 is 7.79. The van der Waals surface area contributed by atoms with Gasteiger partial charge in [-0.15, -0.1) is 0 Å². The third-order valence-corrected chi connectivity index (χ3v) is 8.04. The van der Waals surface area contributed by atoms with E-state index in [-0.39, 0.29) is 0 Å². The Morgan fingerprint density at radius 1 is 0.564 bits per heavy atom. The monoisotopic (exact) mass is 500 g/mol. The van der Waals surface area contributed by atoms with Crippen molar-refractivity contribution in [1.82, 2.24) is 9.38 Å². The van der Waals surface area contributed by atoms with Crippen LogP contribution in [0.25, 0.3) is 39.5 Å². The Morgan fingerprint density at radius 2 is 1.18 bits per heavy atom. The fraction of sp³-hybridized carbons (Fsp3) is 0.0278. The van der Waals surface area contributed by atoms with Crippen LogP contribution in [-0.4, -0.2) is 9.38 Å². The second kappa shape index (κ2) is 8.44. The summed E-state index contributed by atoms with van der Waals surface area (Å²) in [6, 6.07) is 47.8. The van der Waals surface area contributed by atoms with E-state index in [0.717, 1.165) is 22.5 Å². The van der Waals surface area contributed by atoms with Gasteiger partial charge in [-0.3, -0.25) is 4.40 Å². The molecule has 2 aromatic heterocycles. The molecule has 0 fully saturated rings. The van der Waals surface area contributed by atoms with Crippen LogP contribution >= 0.6 is 0 Å². The lowest BCUT2D eigenvalue weighted by molar-refractivity contribution is 0.596. The van der Waals surface area contributed by atoms with Gasteiger partial charge >= 0.3 is 5.84 Å². The molecular weight excluding hydrogens is 476 g/mol. The first-order valence-electron chi connectivity index (χ1n) is 13.2. The lowest BCUT2D eigenvalue weighted by Gasteiger charge is -2.34. The second-order valence-corrected chi connectivity index (χ2v) is 10.0. The van der Waals surface area contributed by atoms with Crippen molar-refractivity contribution < 1.29 is 4.42 Å². The SMILES string of the molecule is c1ccc(-c2c(-c3ccc4c(c3)C(c3ccccc3)(c3ccccc3)c3ccccc3-4)nc3occn23)cc1. The van der Waals surface area contributed by atoms with E-state index in [9.17, 15) is 0 Å². The molecule has 8 rings (SSSR count). The summed E-state index contributed by atoms with van der Waals surface area (Å²) in [5.74, 6) is 0.588. The van der Waals surface area contributed by atoms with Gasteiger partial charge in [-0.25, -0.2) is 0 Å². The minimum absolute atomic E-state index is 0.448. The number of hydrogen-bond donors (Lipinski definition) is 0. The molecule has 3 nitrogen and oxygen atoms in total. The minimum Gasteiger partial charge on any atom is -0.432 e. The zero-order chi connectivity index (χ0) is 25.8. The smallest absolute Gasteiger partial charge is 0.306 e. The average Bonchev–Trinajstić information content (AvgIpc) is 3.69. The number of benzene rings is 5. The van der Waals surface area contributed by atoms with Crippen molar-refractivity contribution >= 4 is 5.84 Å². The standard InChI is InChI=1S/C36H24N2O/c1-4-12-25(13-5-1)34-33(37-35-38(34)22-23-39-35)26-20-21-30-29-18-10-11-19-31(29)36(32(30)24-26,27-14-6-2-7-15-27)28-16-8-3-9-17-28/h1-24H. The zero-order valence-electron chi connectivity index (χ0n) is 21.2. The third kappa shape index (κ3) is 3.07. The van der Waals surface area contributed by atoms with Gasteiger partial charge in [0, 0.05) is 17.3 Å². The number of rotatable bonds is 4. The van der Waals surface area contributed by atoms with Gasteiger partial charge in [-0.1, -0.05) is 127 Å². The highest BCUT2D eigenvalue weighted by Gasteiger charge is 2.46. The van der Waals surface area contributed by atoms with Crippen LogP contribution in [0.2, 0.25) is 0 Å². The van der Waals surface area contributed by atoms with E-state index in [2.05, 4.69) is 127 Å². The summed E-state index contributed by atoms with van der Waals surface area (Å²) in [4.78, 5) is 4.98. The Hall–Kier alpha value is -5.15. The van der Waals surface area contributed by atoms with Crippen molar-refractivity contribution in [2.45, 2.75) is 5.41 Å². The zero-order valence-corrected chi connectivity index (χ0v) is 21.2.